The van der Waals surface area contributed by atoms with Crippen LogP contribution in [0.5, 0.6) is 0 Å². The van der Waals surface area contributed by atoms with Crippen LogP contribution in [-0.4, -0.2) is 11.1 Å². The van der Waals surface area contributed by atoms with E-state index in [2.05, 4.69) is 5.32 Å². The lowest BCUT2D eigenvalue weighted by molar-refractivity contribution is 0.0660. The monoisotopic (exact) mass is 235 g/mol. The molecule has 17 heavy (non-hydrogen) atoms. The van der Waals surface area contributed by atoms with E-state index in [0.717, 1.165) is 5.76 Å². The van der Waals surface area contributed by atoms with E-state index in [-0.39, 0.29) is 11.8 Å². The minimum Gasteiger partial charge on any atom is -0.475 e. The van der Waals surface area contributed by atoms with Crippen LogP contribution in [0, 0.1) is 0 Å². The fourth-order valence-corrected chi connectivity index (χ4v) is 1.56. The van der Waals surface area contributed by atoms with Crippen LogP contribution in [0.4, 0.5) is 0 Å². The molecule has 0 saturated carbocycles. The van der Waals surface area contributed by atoms with Gasteiger partial charge in [0.25, 0.3) is 0 Å². The zero-order valence-corrected chi connectivity index (χ0v) is 9.34. The third kappa shape index (κ3) is 2.57. The van der Waals surface area contributed by atoms with Crippen molar-refractivity contribution in [2.24, 2.45) is 0 Å². The number of aromatic carboxylic acids is 1. The van der Waals surface area contributed by atoms with Crippen molar-refractivity contribution < 1.29 is 18.7 Å². The molecule has 2 heterocycles. The lowest BCUT2D eigenvalue weighted by Crippen LogP contribution is -2.18. The zero-order valence-electron chi connectivity index (χ0n) is 9.34. The van der Waals surface area contributed by atoms with Gasteiger partial charge in [-0.15, -0.1) is 0 Å². The molecule has 0 amide bonds. The number of nitrogens with one attached hydrogen (secondary N) is 1. The van der Waals surface area contributed by atoms with Gasteiger partial charge in [-0.05, 0) is 25.1 Å². The fourth-order valence-electron chi connectivity index (χ4n) is 1.56. The quantitative estimate of drug-likeness (QED) is 0.832. The van der Waals surface area contributed by atoms with Gasteiger partial charge in [-0.1, -0.05) is 0 Å². The first-order chi connectivity index (χ1) is 8.18. The summed E-state index contributed by atoms with van der Waals surface area (Å²) in [5.74, 6) is -0.271. The Kier molecular flexibility index (Phi) is 3.30. The lowest BCUT2D eigenvalue weighted by Gasteiger charge is -2.10. The van der Waals surface area contributed by atoms with Gasteiger partial charge in [0.1, 0.15) is 5.76 Å². The van der Waals surface area contributed by atoms with E-state index in [0.29, 0.717) is 12.1 Å². The number of hydrogen-bond acceptors (Lipinski definition) is 4. The highest BCUT2D eigenvalue weighted by atomic mass is 16.4. The number of carbonyl (C=O) groups is 1. The number of furan rings is 2. The van der Waals surface area contributed by atoms with Crippen LogP contribution < -0.4 is 5.32 Å². The summed E-state index contributed by atoms with van der Waals surface area (Å²) in [5, 5.41) is 12.0. The highest BCUT2D eigenvalue weighted by molar-refractivity contribution is 5.86. The molecule has 2 N–H and O–H groups in total. The van der Waals surface area contributed by atoms with Crippen LogP contribution >= 0.6 is 0 Å². The number of rotatable bonds is 5. The van der Waals surface area contributed by atoms with Crippen LogP contribution in [0.15, 0.2) is 39.6 Å². The minimum absolute atomic E-state index is 0.0153. The highest BCUT2D eigenvalue weighted by Crippen LogP contribution is 2.15. The standard InChI is InChI=1S/C12H13NO4/c1-8(10-3-2-5-16-10)13-7-9-4-6-17-11(9)12(14)15/h2-6,8,13H,7H2,1H3,(H,14,15)/t8-/m0/s1. The molecule has 0 aromatic carbocycles. The van der Waals surface area contributed by atoms with E-state index >= 15 is 0 Å². The van der Waals surface area contributed by atoms with Crippen molar-refractivity contribution in [3.05, 3.63) is 47.8 Å². The van der Waals surface area contributed by atoms with Crippen molar-refractivity contribution >= 4 is 5.97 Å². The number of carboxylic acids is 1. The van der Waals surface area contributed by atoms with Crippen molar-refractivity contribution in [3.8, 4) is 0 Å². The smallest absolute Gasteiger partial charge is 0.372 e. The van der Waals surface area contributed by atoms with Gasteiger partial charge in [-0.25, -0.2) is 4.79 Å². The third-order valence-electron chi connectivity index (χ3n) is 2.51. The topological polar surface area (TPSA) is 75.6 Å². The summed E-state index contributed by atoms with van der Waals surface area (Å²) in [7, 11) is 0. The highest BCUT2D eigenvalue weighted by Gasteiger charge is 2.15. The molecule has 2 aromatic heterocycles. The van der Waals surface area contributed by atoms with Gasteiger partial charge >= 0.3 is 5.97 Å². The SMILES string of the molecule is C[C@H](NCc1ccoc1C(=O)O)c1ccco1. The van der Waals surface area contributed by atoms with Crippen LogP contribution in [0.2, 0.25) is 0 Å². The van der Waals surface area contributed by atoms with E-state index in [1.54, 1.807) is 12.3 Å². The number of hydrogen-bond donors (Lipinski definition) is 2. The molecule has 0 radical (unpaired) electrons. The molecule has 0 aliphatic heterocycles. The van der Waals surface area contributed by atoms with Crippen molar-refractivity contribution in [3.63, 3.8) is 0 Å². The first-order valence-corrected chi connectivity index (χ1v) is 5.25. The van der Waals surface area contributed by atoms with E-state index in [1.807, 2.05) is 19.1 Å². The molecule has 0 saturated heterocycles. The molecular formula is C12H13NO4. The normalized spacial score (nSPS) is 12.5. The van der Waals surface area contributed by atoms with E-state index in [9.17, 15) is 4.79 Å². The van der Waals surface area contributed by atoms with Crippen LogP contribution in [0.3, 0.4) is 0 Å². The second-order valence-corrected chi connectivity index (χ2v) is 3.70. The Balaban J connectivity index is 1.98. The van der Waals surface area contributed by atoms with Gasteiger partial charge in [-0.2, -0.15) is 0 Å². The van der Waals surface area contributed by atoms with Gasteiger partial charge < -0.3 is 19.3 Å². The zero-order chi connectivity index (χ0) is 12.3. The Bertz CT molecular complexity index is 486. The Hall–Kier alpha value is -2.01. The molecule has 90 valence electrons. The Morgan fingerprint density at radius 3 is 2.88 bits per heavy atom. The second kappa shape index (κ2) is 4.88. The minimum atomic E-state index is -1.06. The molecule has 5 heteroatoms. The molecule has 1 atom stereocenters. The Morgan fingerprint density at radius 2 is 2.24 bits per heavy atom. The summed E-state index contributed by atoms with van der Waals surface area (Å²) in [6.07, 6.45) is 2.98. The maximum Gasteiger partial charge on any atom is 0.372 e. The van der Waals surface area contributed by atoms with Crippen LogP contribution in [-0.2, 0) is 6.54 Å². The van der Waals surface area contributed by atoms with Gasteiger partial charge in [0, 0.05) is 12.1 Å². The molecule has 0 fully saturated rings. The lowest BCUT2D eigenvalue weighted by atomic mass is 10.2. The predicted molar refractivity (Wildman–Crippen MR) is 59.6 cm³/mol. The molecular weight excluding hydrogens is 222 g/mol. The molecule has 0 unspecified atom stereocenters. The first kappa shape index (κ1) is 11.5. The van der Waals surface area contributed by atoms with Crippen molar-refractivity contribution in [2.45, 2.75) is 19.5 Å². The Morgan fingerprint density at radius 1 is 1.41 bits per heavy atom. The largest absolute Gasteiger partial charge is 0.475 e. The van der Waals surface area contributed by atoms with Crippen LogP contribution in [0.1, 0.15) is 34.8 Å². The molecule has 0 aliphatic rings. The fraction of sp³-hybridized carbons (Fsp3) is 0.250. The van der Waals surface area contributed by atoms with Gasteiger partial charge in [0.15, 0.2) is 0 Å². The summed E-state index contributed by atoms with van der Waals surface area (Å²) in [5.41, 5.74) is 0.621. The maximum atomic E-state index is 10.8. The maximum absolute atomic E-state index is 10.8. The third-order valence-corrected chi connectivity index (χ3v) is 2.51. The molecule has 2 aromatic rings. The second-order valence-electron chi connectivity index (χ2n) is 3.70. The summed E-state index contributed by atoms with van der Waals surface area (Å²) in [6, 6.07) is 5.34. The summed E-state index contributed by atoms with van der Waals surface area (Å²) in [6.45, 7) is 2.36. The molecule has 0 bridgehead atoms. The predicted octanol–water partition coefficient (Wildman–Crippen LogP) is 2.42. The molecule has 5 nitrogen and oxygen atoms in total. The van der Waals surface area contributed by atoms with Crippen LogP contribution in [0.25, 0.3) is 0 Å². The van der Waals surface area contributed by atoms with E-state index in [4.69, 9.17) is 13.9 Å². The van der Waals surface area contributed by atoms with E-state index < -0.39 is 5.97 Å². The molecule has 0 aliphatic carbocycles. The summed E-state index contributed by atoms with van der Waals surface area (Å²) >= 11 is 0. The first-order valence-electron chi connectivity index (χ1n) is 5.25. The van der Waals surface area contributed by atoms with E-state index in [1.165, 1.54) is 6.26 Å². The van der Waals surface area contributed by atoms with Gasteiger partial charge in [0.05, 0.1) is 18.6 Å². The molecule has 0 spiro atoms. The average molecular weight is 235 g/mol. The summed E-state index contributed by atoms with van der Waals surface area (Å²) in [4.78, 5) is 10.8. The van der Waals surface area contributed by atoms with Crippen molar-refractivity contribution in [1.29, 1.82) is 0 Å². The van der Waals surface area contributed by atoms with Gasteiger partial charge in [-0.3, -0.25) is 0 Å². The van der Waals surface area contributed by atoms with Crippen molar-refractivity contribution in [2.75, 3.05) is 0 Å². The van der Waals surface area contributed by atoms with Crippen molar-refractivity contribution in [1.82, 2.24) is 5.32 Å². The van der Waals surface area contributed by atoms with Gasteiger partial charge in [0.2, 0.25) is 5.76 Å². The Labute approximate surface area is 98.0 Å². The molecule has 2 rings (SSSR count). The number of carboxylic acid groups (broad SMARTS) is 1. The average Bonchev–Trinajstić information content (AvgIpc) is 2.96. The summed E-state index contributed by atoms with van der Waals surface area (Å²) < 4.78 is 10.1.